The molecule has 3 nitrogen and oxygen atoms in total. The molecule has 2 N–H and O–H groups in total. The number of hydrogen-bond donors (Lipinski definition) is 2. The molecule has 5 aromatic carbocycles. The first-order chi connectivity index (χ1) is 18.0. The smallest absolute Gasteiger partial charge is 0.456 e. The Labute approximate surface area is 216 Å². The topological polar surface area (TPSA) is 53.6 Å². The number of aryl methyl sites for hydroxylation is 1. The molecule has 1 atom stereocenters. The number of rotatable bonds is 5. The third-order valence-corrected chi connectivity index (χ3v) is 7.39. The fraction of sp³-hybridized carbons (Fsp3) is 0.0909. The van der Waals surface area contributed by atoms with Crippen LogP contribution in [0.15, 0.2) is 114 Å². The summed E-state index contributed by atoms with van der Waals surface area (Å²) in [7, 11) is -1.59. The molecular formula is C33H27BO3. The van der Waals surface area contributed by atoms with Crippen molar-refractivity contribution in [2.75, 3.05) is 0 Å². The van der Waals surface area contributed by atoms with Crippen molar-refractivity contribution < 1.29 is 14.5 Å². The average molecular weight is 482 g/mol. The van der Waals surface area contributed by atoms with Crippen LogP contribution in [0, 0.1) is 6.92 Å². The molecule has 0 aliphatic rings. The fourth-order valence-corrected chi connectivity index (χ4v) is 5.42. The Bertz CT molecular complexity index is 1730. The van der Waals surface area contributed by atoms with Gasteiger partial charge in [-0.25, -0.2) is 0 Å². The molecule has 180 valence electrons. The summed E-state index contributed by atoms with van der Waals surface area (Å²) >= 11 is 0. The Balaban J connectivity index is 1.51. The molecule has 0 fully saturated rings. The summed E-state index contributed by atoms with van der Waals surface area (Å²) in [5.41, 5.74) is 9.98. The van der Waals surface area contributed by atoms with Crippen LogP contribution in [0.5, 0.6) is 0 Å². The molecule has 0 unspecified atom stereocenters. The third kappa shape index (κ3) is 4.05. The molecule has 4 heteroatoms. The van der Waals surface area contributed by atoms with Crippen LogP contribution in [0.2, 0.25) is 0 Å². The van der Waals surface area contributed by atoms with Gasteiger partial charge in [-0.05, 0) is 46.4 Å². The highest BCUT2D eigenvalue weighted by Gasteiger charge is 2.23. The molecule has 0 saturated carbocycles. The van der Waals surface area contributed by atoms with Crippen molar-refractivity contribution in [3.05, 3.63) is 126 Å². The van der Waals surface area contributed by atoms with E-state index >= 15 is 0 Å². The molecule has 6 rings (SSSR count). The van der Waals surface area contributed by atoms with Crippen molar-refractivity contribution in [2.45, 2.75) is 19.8 Å². The van der Waals surface area contributed by atoms with Crippen molar-refractivity contribution in [3.8, 4) is 22.3 Å². The van der Waals surface area contributed by atoms with Gasteiger partial charge in [0.1, 0.15) is 11.2 Å². The van der Waals surface area contributed by atoms with E-state index in [2.05, 4.69) is 92.7 Å². The van der Waals surface area contributed by atoms with Crippen molar-refractivity contribution in [3.63, 3.8) is 0 Å². The predicted molar refractivity (Wildman–Crippen MR) is 153 cm³/mol. The molecule has 0 aliphatic heterocycles. The van der Waals surface area contributed by atoms with Crippen LogP contribution in [0.3, 0.4) is 0 Å². The van der Waals surface area contributed by atoms with E-state index < -0.39 is 7.12 Å². The lowest BCUT2D eigenvalue weighted by Crippen LogP contribution is -2.29. The summed E-state index contributed by atoms with van der Waals surface area (Å²) in [6, 6.07) is 37.4. The van der Waals surface area contributed by atoms with E-state index in [9.17, 15) is 10.0 Å². The third-order valence-electron chi connectivity index (χ3n) is 7.39. The van der Waals surface area contributed by atoms with Gasteiger partial charge >= 0.3 is 7.12 Å². The van der Waals surface area contributed by atoms with E-state index in [1.165, 1.54) is 33.4 Å². The second-order valence-corrected chi connectivity index (χ2v) is 9.63. The highest BCUT2D eigenvalue weighted by molar-refractivity contribution is 6.61. The summed E-state index contributed by atoms with van der Waals surface area (Å²) < 4.78 is 6.34. The largest absolute Gasteiger partial charge is 0.492 e. The van der Waals surface area contributed by atoms with E-state index in [0.29, 0.717) is 11.0 Å². The normalized spacial score (nSPS) is 12.2. The lowest BCUT2D eigenvalue weighted by atomic mass is 9.79. The second kappa shape index (κ2) is 9.40. The number of furan rings is 1. The minimum atomic E-state index is -1.59. The van der Waals surface area contributed by atoms with E-state index in [-0.39, 0.29) is 5.92 Å². The Morgan fingerprint density at radius 1 is 0.622 bits per heavy atom. The van der Waals surface area contributed by atoms with Crippen molar-refractivity contribution in [2.24, 2.45) is 0 Å². The zero-order valence-electron chi connectivity index (χ0n) is 20.8. The lowest BCUT2D eigenvalue weighted by Gasteiger charge is -2.19. The van der Waals surface area contributed by atoms with Gasteiger partial charge in [0.2, 0.25) is 0 Å². The first-order valence-corrected chi connectivity index (χ1v) is 12.6. The van der Waals surface area contributed by atoms with Crippen LogP contribution >= 0.6 is 0 Å². The van der Waals surface area contributed by atoms with Crippen LogP contribution in [0.4, 0.5) is 0 Å². The zero-order valence-corrected chi connectivity index (χ0v) is 20.8. The quantitative estimate of drug-likeness (QED) is 0.259. The molecule has 0 spiro atoms. The van der Waals surface area contributed by atoms with Crippen molar-refractivity contribution >= 4 is 34.5 Å². The maximum atomic E-state index is 9.89. The molecule has 6 aromatic rings. The van der Waals surface area contributed by atoms with Gasteiger partial charge in [0, 0.05) is 27.7 Å². The number of para-hydroxylation sites is 2. The standard InChI is InChI=1S/C33H27BO3/c1-21-18-19-24(23-10-4-3-5-11-23)20-30(21)27-13-7-6-12-25(27)22(2)26-14-8-15-28-29-16-9-17-31(34(35)36)33(29)37-32(26)28/h3-20,22,35-36H,1-2H3/t22-/m1/s1. The minimum absolute atomic E-state index is 0.0442. The number of hydrogen-bond acceptors (Lipinski definition) is 3. The van der Waals surface area contributed by atoms with Gasteiger partial charge in [0.25, 0.3) is 0 Å². The maximum Gasteiger partial charge on any atom is 0.492 e. The Morgan fingerprint density at radius 3 is 2.08 bits per heavy atom. The Hall–Kier alpha value is -4.12. The molecule has 1 heterocycles. The van der Waals surface area contributed by atoms with Crippen molar-refractivity contribution in [1.29, 1.82) is 0 Å². The first-order valence-electron chi connectivity index (χ1n) is 12.6. The van der Waals surface area contributed by atoms with Crippen molar-refractivity contribution in [1.82, 2.24) is 0 Å². The molecule has 0 bridgehead atoms. The molecule has 0 amide bonds. The number of benzene rings is 5. The number of fused-ring (bicyclic) bond motifs is 3. The van der Waals surface area contributed by atoms with Crippen LogP contribution in [-0.2, 0) is 0 Å². The van der Waals surface area contributed by atoms with Crippen LogP contribution in [0.25, 0.3) is 44.2 Å². The SMILES string of the molecule is Cc1ccc(-c2ccccc2)cc1-c1ccccc1[C@@H](C)c1cccc2c1oc1c(B(O)O)cccc12. The van der Waals surface area contributed by atoms with Gasteiger partial charge in [0.05, 0.1) is 0 Å². The highest BCUT2D eigenvalue weighted by Crippen LogP contribution is 2.40. The molecule has 0 saturated heterocycles. The summed E-state index contributed by atoms with van der Waals surface area (Å²) in [5, 5.41) is 21.6. The molecular weight excluding hydrogens is 455 g/mol. The molecule has 37 heavy (non-hydrogen) atoms. The Kier molecular flexibility index (Phi) is 5.92. The Morgan fingerprint density at radius 2 is 1.30 bits per heavy atom. The average Bonchev–Trinajstić information content (AvgIpc) is 3.32. The van der Waals surface area contributed by atoms with E-state index in [4.69, 9.17) is 4.42 Å². The zero-order chi connectivity index (χ0) is 25.5. The highest BCUT2D eigenvalue weighted by atomic mass is 16.4. The van der Waals surface area contributed by atoms with E-state index in [1.54, 1.807) is 6.07 Å². The molecule has 1 aromatic heterocycles. The van der Waals surface area contributed by atoms with Crippen LogP contribution in [0.1, 0.15) is 29.5 Å². The lowest BCUT2D eigenvalue weighted by molar-refractivity contribution is 0.425. The van der Waals surface area contributed by atoms with Gasteiger partial charge in [-0.2, -0.15) is 0 Å². The van der Waals surface area contributed by atoms with Gasteiger partial charge in [-0.1, -0.05) is 110 Å². The van der Waals surface area contributed by atoms with Gasteiger partial charge in [-0.3, -0.25) is 0 Å². The van der Waals surface area contributed by atoms with Gasteiger partial charge in [0.15, 0.2) is 0 Å². The minimum Gasteiger partial charge on any atom is -0.456 e. The summed E-state index contributed by atoms with van der Waals surface area (Å²) in [6.07, 6.45) is 0. The monoisotopic (exact) mass is 482 g/mol. The van der Waals surface area contributed by atoms with Gasteiger partial charge < -0.3 is 14.5 Å². The summed E-state index contributed by atoms with van der Waals surface area (Å²) in [4.78, 5) is 0. The first kappa shape index (κ1) is 23.3. The van der Waals surface area contributed by atoms with E-state index in [1.807, 2.05) is 24.3 Å². The molecule has 0 radical (unpaired) electrons. The predicted octanol–water partition coefficient (Wildman–Crippen LogP) is 7.06. The maximum absolute atomic E-state index is 9.89. The fourth-order valence-electron chi connectivity index (χ4n) is 5.42. The van der Waals surface area contributed by atoms with E-state index in [0.717, 1.165) is 21.9 Å². The summed E-state index contributed by atoms with van der Waals surface area (Å²) in [6.45, 7) is 4.37. The molecule has 0 aliphatic carbocycles. The summed E-state index contributed by atoms with van der Waals surface area (Å²) in [5.74, 6) is 0.0442. The van der Waals surface area contributed by atoms with Crippen LogP contribution < -0.4 is 5.46 Å². The van der Waals surface area contributed by atoms with Gasteiger partial charge in [-0.15, -0.1) is 0 Å². The second-order valence-electron chi connectivity index (χ2n) is 9.63. The van der Waals surface area contributed by atoms with Crippen LogP contribution in [-0.4, -0.2) is 17.2 Å².